The maximum Gasteiger partial charge on any atom is 0.0758 e. The summed E-state index contributed by atoms with van der Waals surface area (Å²) in [6.07, 6.45) is 10.6. The molecule has 0 bridgehead atoms. The van der Waals surface area contributed by atoms with Crippen LogP contribution in [0.25, 0.3) is 0 Å². The molecule has 3 saturated carbocycles. The van der Waals surface area contributed by atoms with Crippen molar-refractivity contribution in [3.8, 4) is 0 Å². The Morgan fingerprint density at radius 3 is 2.54 bits per heavy atom. The Bertz CT molecular complexity index is 638. The van der Waals surface area contributed by atoms with E-state index < -0.39 is 0 Å². The molecule has 0 aliphatic heterocycles. The largest absolute Gasteiger partial charge is 0.391 e. The zero-order valence-electron chi connectivity index (χ0n) is 17.2. The summed E-state index contributed by atoms with van der Waals surface area (Å²) in [4.78, 5) is 2.20. The van der Waals surface area contributed by atoms with Crippen molar-refractivity contribution >= 4 is 0 Å². The second kappa shape index (κ2) is 6.18. The first-order valence-corrected chi connectivity index (χ1v) is 10.6. The van der Waals surface area contributed by atoms with Gasteiger partial charge in [0.05, 0.1) is 12.2 Å². The maximum atomic E-state index is 10.9. The highest BCUT2D eigenvalue weighted by atomic mass is 16.3. The second-order valence-corrected chi connectivity index (χ2v) is 10.2. The van der Waals surface area contributed by atoms with Gasteiger partial charge in [-0.25, -0.2) is 0 Å². The van der Waals surface area contributed by atoms with E-state index in [1.807, 2.05) is 0 Å². The van der Waals surface area contributed by atoms with Crippen LogP contribution in [0.3, 0.4) is 0 Å². The van der Waals surface area contributed by atoms with Crippen LogP contribution in [0.2, 0.25) is 0 Å². The van der Waals surface area contributed by atoms with Gasteiger partial charge in [-0.15, -0.1) is 0 Å². The molecule has 8 unspecified atom stereocenters. The summed E-state index contributed by atoms with van der Waals surface area (Å²) in [5.41, 5.74) is 3.20. The van der Waals surface area contributed by atoms with E-state index in [4.69, 9.17) is 0 Å². The highest BCUT2D eigenvalue weighted by Gasteiger charge is 2.59. The fourth-order valence-corrected chi connectivity index (χ4v) is 7.60. The maximum absolute atomic E-state index is 10.9. The van der Waals surface area contributed by atoms with Crippen molar-refractivity contribution < 1.29 is 10.2 Å². The molecule has 0 aromatic heterocycles. The summed E-state index contributed by atoms with van der Waals surface area (Å²) in [6.45, 7) is 6.92. The number of fused-ring (bicyclic) bond motifs is 5. The minimum atomic E-state index is -0.248. The van der Waals surface area contributed by atoms with Gasteiger partial charge >= 0.3 is 0 Å². The summed E-state index contributed by atoms with van der Waals surface area (Å²) >= 11 is 0. The van der Waals surface area contributed by atoms with Crippen molar-refractivity contribution in [2.45, 2.75) is 77.5 Å². The smallest absolute Gasteiger partial charge is 0.0758 e. The summed E-state index contributed by atoms with van der Waals surface area (Å²) in [5, 5.41) is 21.6. The monoisotopic (exact) mass is 359 g/mol. The molecule has 0 aromatic rings. The Hall–Kier alpha value is -0.640. The fraction of sp³-hybridized carbons (Fsp3) is 0.826. The summed E-state index contributed by atoms with van der Waals surface area (Å²) in [7, 11) is 4.18. The molecule has 146 valence electrons. The number of hydrogen-bond acceptors (Lipinski definition) is 3. The van der Waals surface area contributed by atoms with Gasteiger partial charge in [0.15, 0.2) is 0 Å². The number of nitrogens with zero attached hydrogens (tertiary/aromatic N) is 1. The Labute approximate surface area is 159 Å². The first-order chi connectivity index (χ1) is 12.2. The molecule has 8 atom stereocenters. The van der Waals surface area contributed by atoms with Crippen molar-refractivity contribution in [1.82, 2.24) is 4.90 Å². The lowest BCUT2D eigenvalue weighted by Crippen LogP contribution is -2.54. The summed E-state index contributed by atoms with van der Waals surface area (Å²) < 4.78 is 0. The molecule has 0 saturated heterocycles. The molecule has 3 nitrogen and oxygen atoms in total. The van der Waals surface area contributed by atoms with E-state index in [0.717, 1.165) is 25.7 Å². The Morgan fingerprint density at radius 1 is 1.15 bits per heavy atom. The zero-order valence-corrected chi connectivity index (χ0v) is 17.2. The van der Waals surface area contributed by atoms with E-state index in [-0.39, 0.29) is 29.1 Å². The highest BCUT2D eigenvalue weighted by Crippen LogP contribution is 2.66. The first kappa shape index (κ1) is 18.7. The molecule has 0 spiro atoms. The van der Waals surface area contributed by atoms with Gasteiger partial charge in [0.1, 0.15) is 0 Å². The summed E-state index contributed by atoms with van der Waals surface area (Å²) in [6, 6.07) is 0.252. The van der Waals surface area contributed by atoms with Crippen LogP contribution < -0.4 is 0 Å². The number of likely N-dealkylation sites (N-methyl/N-ethyl adjacent to an activating group) is 1. The number of aliphatic hydroxyl groups is 2. The Balaban J connectivity index is 1.67. The molecule has 2 N–H and O–H groups in total. The SMILES string of the molecule is CC=C1C(O)CC2C3CC=C4CC(N(C)C)C(O)CC4(C)C3CCC12C. The minimum absolute atomic E-state index is 0.139. The molecule has 3 heteroatoms. The highest BCUT2D eigenvalue weighted by molar-refractivity contribution is 5.32. The zero-order chi connectivity index (χ0) is 18.9. The molecule has 0 aromatic carbocycles. The topological polar surface area (TPSA) is 43.7 Å². The van der Waals surface area contributed by atoms with Crippen LogP contribution in [0.1, 0.15) is 59.3 Å². The molecule has 4 rings (SSSR count). The molecule has 0 amide bonds. The van der Waals surface area contributed by atoms with Crippen molar-refractivity contribution in [3.05, 3.63) is 23.3 Å². The molecule has 0 heterocycles. The molecule has 3 fully saturated rings. The van der Waals surface area contributed by atoms with Gasteiger partial charge in [-0.1, -0.05) is 31.6 Å². The predicted molar refractivity (Wildman–Crippen MR) is 106 cm³/mol. The van der Waals surface area contributed by atoms with Gasteiger partial charge in [0, 0.05) is 6.04 Å². The lowest BCUT2D eigenvalue weighted by molar-refractivity contribution is -0.0572. The van der Waals surface area contributed by atoms with E-state index in [1.54, 1.807) is 5.57 Å². The van der Waals surface area contributed by atoms with Gasteiger partial charge in [-0.2, -0.15) is 0 Å². The number of allylic oxidation sites excluding steroid dienone is 2. The molecular weight excluding hydrogens is 322 g/mol. The van der Waals surface area contributed by atoms with E-state index in [1.165, 1.54) is 18.4 Å². The molecule has 26 heavy (non-hydrogen) atoms. The standard InChI is InChI=1S/C23H37NO2/c1-6-16-20(25)12-18-15-8-7-14-11-19(24(4)5)21(26)13-23(14,3)17(15)9-10-22(16,18)2/h6-7,15,17-21,25-26H,8-13H2,1-5H3. The third kappa shape index (κ3) is 2.43. The van der Waals surface area contributed by atoms with Crippen LogP contribution in [-0.2, 0) is 0 Å². The lowest BCUT2D eigenvalue weighted by Gasteiger charge is -2.58. The lowest BCUT2D eigenvalue weighted by atomic mass is 9.47. The van der Waals surface area contributed by atoms with E-state index in [0.29, 0.717) is 17.8 Å². The summed E-state index contributed by atoms with van der Waals surface area (Å²) in [5.74, 6) is 1.89. The van der Waals surface area contributed by atoms with E-state index >= 15 is 0 Å². The molecule has 4 aliphatic rings. The van der Waals surface area contributed by atoms with Crippen LogP contribution in [-0.4, -0.2) is 47.5 Å². The Morgan fingerprint density at radius 2 is 1.88 bits per heavy atom. The van der Waals surface area contributed by atoms with Gasteiger partial charge in [0.25, 0.3) is 0 Å². The number of aliphatic hydroxyl groups excluding tert-OH is 2. The van der Waals surface area contributed by atoms with Gasteiger partial charge < -0.3 is 15.1 Å². The van der Waals surface area contributed by atoms with Crippen LogP contribution in [0.15, 0.2) is 23.3 Å². The fourth-order valence-electron chi connectivity index (χ4n) is 7.60. The van der Waals surface area contributed by atoms with E-state index in [9.17, 15) is 10.2 Å². The van der Waals surface area contributed by atoms with Gasteiger partial charge in [-0.3, -0.25) is 0 Å². The van der Waals surface area contributed by atoms with Crippen LogP contribution in [0.4, 0.5) is 0 Å². The van der Waals surface area contributed by atoms with Crippen LogP contribution in [0, 0.1) is 28.6 Å². The predicted octanol–water partition coefficient (Wildman–Crippen LogP) is 3.77. The quantitative estimate of drug-likeness (QED) is 0.701. The second-order valence-electron chi connectivity index (χ2n) is 10.2. The number of hydrogen-bond donors (Lipinski definition) is 2. The average molecular weight is 360 g/mol. The minimum Gasteiger partial charge on any atom is -0.391 e. The number of rotatable bonds is 1. The first-order valence-electron chi connectivity index (χ1n) is 10.6. The third-order valence-electron chi connectivity index (χ3n) is 8.99. The molecule has 4 aliphatic carbocycles. The van der Waals surface area contributed by atoms with Crippen molar-refractivity contribution in [2.75, 3.05) is 14.1 Å². The van der Waals surface area contributed by atoms with Crippen LogP contribution in [0.5, 0.6) is 0 Å². The third-order valence-corrected chi connectivity index (χ3v) is 8.99. The van der Waals surface area contributed by atoms with Crippen molar-refractivity contribution in [3.63, 3.8) is 0 Å². The molecular formula is C23H37NO2. The van der Waals surface area contributed by atoms with Gasteiger partial charge in [-0.05, 0) is 93.7 Å². The van der Waals surface area contributed by atoms with Crippen LogP contribution >= 0.6 is 0 Å². The average Bonchev–Trinajstić information content (AvgIpc) is 2.83. The van der Waals surface area contributed by atoms with E-state index in [2.05, 4.69) is 51.9 Å². The van der Waals surface area contributed by atoms with Crippen molar-refractivity contribution in [2.24, 2.45) is 28.6 Å². The Kier molecular flexibility index (Phi) is 4.45. The van der Waals surface area contributed by atoms with Crippen molar-refractivity contribution in [1.29, 1.82) is 0 Å². The van der Waals surface area contributed by atoms with Gasteiger partial charge in [0.2, 0.25) is 0 Å². The normalized spacial score (nSPS) is 52.5. The molecule has 0 radical (unpaired) electrons.